The van der Waals surface area contributed by atoms with Crippen molar-refractivity contribution in [3.05, 3.63) is 29.8 Å². The van der Waals surface area contributed by atoms with Crippen molar-refractivity contribution in [2.24, 2.45) is 0 Å². The van der Waals surface area contributed by atoms with E-state index in [0.717, 1.165) is 43.5 Å². The molecule has 5 heteroatoms. The molecule has 20 heavy (non-hydrogen) atoms. The van der Waals surface area contributed by atoms with Crippen molar-refractivity contribution in [1.82, 2.24) is 20.5 Å². The number of nitrogens with zero attached hydrogens (tertiary/aromatic N) is 3. The standard InChI is InChI=1S/C15H21N5/c1-11(2)12-3-5-13(6-4-12)14-17-15(19-18-14)20-9-7-16-8-10-20/h3-6,11,16H,7-10H2,1-2H3,(H,17,18,19). The van der Waals surface area contributed by atoms with Crippen molar-refractivity contribution in [3.8, 4) is 11.4 Å². The first-order valence-corrected chi connectivity index (χ1v) is 7.22. The van der Waals surface area contributed by atoms with Crippen molar-refractivity contribution < 1.29 is 0 Å². The minimum atomic E-state index is 0.551. The molecule has 0 atom stereocenters. The second-order valence-electron chi connectivity index (χ2n) is 5.50. The molecule has 1 fully saturated rings. The van der Waals surface area contributed by atoms with Gasteiger partial charge in [0.05, 0.1) is 0 Å². The molecule has 2 aromatic rings. The summed E-state index contributed by atoms with van der Waals surface area (Å²) in [5.74, 6) is 2.19. The number of hydrogen-bond acceptors (Lipinski definition) is 4. The lowest BCUT2D eigenvalue weighted by Crippen LogP contribution is -2.44. The van der Waals surface area contributed by atoms with Gasteiger partial charge in [0.2, 0.25) is 5.95 Å². The molecule has 0 radical (unpaired) electrons. The van der Waals surface area contributed by atoms with Gasteiger partial charge in [0.1, 0.15) is 0 Å². The van der Waals surface area contributed by atoms with E-state index in [9.17, 15) is 0 Å². The van der Waals surface area contributed by atoms with Crippen molar-refractivity contribution in [1.29, 1.82) is 0 Å². The smallest absolute Gasteiger partial charge is 0.245 e. The fraction of sp³-hybridized carbons (Fsp3) is 0.467. The van der Waals surface area contributed by atoms with Crippen molar-refractivity contribution in [3.63, 3.8) is 0 Å². The summed E-state index contributed by atoms with van der Waals surface area (Å²) in [6.07, 6.45) is 0. The predicted octanol–water partition coefficient (Wildman–Crippen LogP) is 2.00. The third-order valence-corrected chi connectivity index (χ3v) is 3.72. The lowest BCUT2D eigenvalue weighted by Gasteiger charge is -2.25. The molecule has 2 N–H and O–H groups in total. The molecule has 1 saturated heterocycles. The number of anilines is 1. The molecule has 106 valence electrons. The number of rotatable bonds is 3. The summed E-state index contributed by atoms with van der Waals surface area (Å²) in [5, 5.41) is 10.7. The molecule has 1 aliphatic rings. The summed E-state index contributed by atoms with van der Waals surface area (Å²) in [7, 11) is 0. The fourth-order valence-corrected chi connectivity index (χ4v) is 2.41. The van der Waals surface area contributed by atoms with Gasteiger partial charge >= 0.3 is 0 Å². The molecular formula is C15H21N5. The zero-order chi connectivity index (χ0) is 13.9. The Kier molecular flexibility index (Phi) is 3.69. The Morgan fingerprint density at radius 1 is 1.10 bits per heavy atom. The van der Waals surface area contributed by atoms with Gasteiger partial charge in [-0.2, -0.15) is 4.98 Å². The Morgan fingerprint density at radius 3 is 2.45 bits per heavy atom. The Hall–Kier alpha value is -1.88. The first-order chi connectivity index (χ1) is 9.74. The molecule has 5 nitrogen and oxygen atoms in total. The molecule has 1 aliphatic heterocycles. The maximum atomic E-state index is 4.61. The number of hydrogen-bond donors (Lipinski definition) is 2. The zero-order valence-corrected chi connectivity index (χ0v) is 12.1. The van der Waals surface area contributed by atoms with Crippen LogP contribution in [0, 0.1) is 0 Å². The Labute approximate surface area is 119 Å². The van der Waals surface area contributed by atoms with Gasteiger partial charge in [0.15, 0.2) is 5.82 Å². The molecule has 3 rings (SSSR count). The average Bonchev–Trinajstić information content (AvgIpc) is 2.98. The highest BCUT2D eigenvalue weighted by Gasteiger charge is 2.15. The number of piperazine rings is 1. The van der Waals surface area contributed by atoms with E-state index in [1.165, 1.54) is 5.56 Å². The van der Waals surface area contributed by atoms with Gasteiger partial charge in [-0.3, -0.25) is 5.10 Å². The monoisotopic (exact) mass is 271 g/mol. The number of aromatic nitrogens is 3. The third-order valence-electron chi connectivity index (χ3n) is 3.72. The Balaban J connectivity index is 1.78. The molecular weight excluding hydrogens is 250 g/mol. The maximum absolute atomic E-state index is 4.61. The van der Waals surface area contributed by atoms with Crippen LogP contribution in [-0.2, 0) is 0 Å². The second-order valence-corrected chi connectivity index (χ2v) is 5.50. The summed E-state index contributed by atoms with van der Waals surface area (Å²) in [5.41, 5.74) is 2.43. The number of benzene rings is 1. The van der Waals surface area contributed by atoms with Gasteiger partial charge in [-0.25, -0.2) is 0 Å². The summed E-state index contributed by atoms with van der Waals surface area (Å²) >= 11 is 0. The van der Waals surface area contributed by atoms with Gasteiger partial charge in [0.25, 0.3) is 0 Å². The first kappa shape index (κ1) is 13.1. The molecule has 2 heterocycles. The Bertz CT molecular complexity index is 552. The van der Waals surface area contributed by atoms with E-state index in [-0.39, 0.29) is 0 Å². The van der Waals surface area contributed by atoms with E-state index in [1.807, 2.05) is 0 Å². The number of aromatic amines is 1. The van der Waals surface area contributed by atoms with Crippen LogP contribution in [0.2, 0.25) is 0 Å². The largest absolute Gasteiger partial charge is 0.337 e. The van der Waals surface area contributed by atoms with Crippen LogP contribution >= 0.6 is 0 Å². The van der Waals surface area contributed by atoms with E-state index in [0.29, 0.717) is 5.92 Å². The van der Waals surface area contributed by atoms with Gasteiger partial charge < -0.3 is 10.2 Å². The summed E-state index contributed by atoms with van der Waals surface area (Å²) < 4.78 is 0. The van der Waals surface area contributed by atoms with E-state index >= 15 is 0 Å². The van der Waals surface area contributed by atoms with Gasteiger partial charge in [-0.1, -0.05) is 38.1 Å². The molecule has 0 amide bonds. The summed E-state index contributed by atoms with van der Waals surface area (Å²) in [4.78, 5) is 6.82. The van der Waals surface area contributed by atoms with E-state index < -0.39 is 0 Å². The van der Waals surface area contributed by atoms with Crippen LogP contribution in [0.1, 0.15) is 25.3 Å². The SMILES string of the molecule is CC(C)c1ccc(-c2nc(N3CCNCC3)n[nH]2)cc1. The molecule has 0 aliphatic carbocycles. The normalized spacial score (nSPS) is 15.8. The van der Waals surface area contributed by atoms with Crippen LogP contribution in [0.15, 0.2) is 24.3 Å². The van der Waals surface area contributed by atoms with Crippen LogP contribution in [-0.4, -0.2) is 41.4 Å². The average molecular weight is 271 g/mol. The molecule has 1 aromatic carbocycles. The van der Waals surface area contributed by atoms with Gasteiger partial charge in [0, 0.05) is 31.7 Å². The molecule has 0 spiro atoms. The van der Waals surface area contributed by atoms with Gasteiger partial charge in [-0.05, 0) is 11.5 Å². The van der Waals surface area contributed by atoms with E-state index in [4.69, 9.17) is 0 Å². The third kappa shape index (κ3) is 2.67. The van der Waals surface area contributed by atoms with E-state index in [1.54, 1.807) is 0 Å². The summed E-state index contributed by atoms with van der Waals surface area (Å²) in [6.45, 7) is 8.31. The minimum Gasteiger partial charge on any atom is -0.337 e. The molecule has 0 saturated carbocycles. The minimum absolute atomic E-state index is 0.551. The zero-order valence-electron chi connectivity index (χ0n) is 12.1. The first-order valence-electron chi connectivity index (χ1n) is 7.22. The van der Waals surface area contributed by atoms with Crippen molar-refractivity contribution in [2.75, 3.05) is 31.1 Å². The lowest BCUT2D eigenvalue weighted by atomic mass is 10.0. The fourth-order valence-electron chi connectivity index (χ4n) is 2.41. The van der Waals surface area contributed by atoms with Gasteiger partial charge in [-0.15, -0.1) is 5.10 Å². The topological polar surface area (TPSA) is 56.8 Å². The molecule has 0 bridgehead atoms. The second kappa shape index (κ2) is 5.63. The van der Waals surface area contributed by atoms with Crippen molar-refractivity contribution in [2.45, 2.75) is 19.8 Å². The highest BCUT2D eigenvalue weighted by Crippen LogP contribution is 2.21. The highest BCUT2D eigenvalue weighted by molar-refractivity contribution is 5.57. The van der Waals surface area contributed by atoms with Crippen molar-refractivity contribution >= 4 is 5.95 Å². The number of H-pyrrole nitrogens is 1. The van der Waals surface area contributed by atoms with Crippen LogP contribution in [0.5, 0.6) is 0 Å². The maximum Gasteiger partial charge on any atom is 0.245 e. The van der Waals surface area contributed by atoms with Crippen LogP contribution in [0.4, 0.5) is 5.95 Å². The van der Waals surface area contributed by atoms with Crippen LogP contribution in [0.3, 0.4) is 0 Å². The molecule has 0 unspecified atom stereocenters. The van der Waals surface area contributed by atoms with Crippen LogP contribution in [0.25, 0.3) is 11.4 Å². The number of nitrogens with one attached hydrogen (secondary N) is 2. The highest BCUT2D eigenvalue weighted by atomic mass is 15.4. The lowest BCUT2D eigenvalue weighted by molar-refractivity contribution is 0.580. The van der Waals surface area contributed by atoms with E-state index in [2.05, 4.69) is 63.5 Å². The van der Waals surface area contributed by atoms with Crippen LogP contribution < -0.4 is 10.2 Å². The molecule has 1 aromatic heterocycles. The Morgan fingerprint density at radius 2 is 1.80 bits per heavy atom. The quantitative estimate of drug-likeness (QED) is 0.896. The summed E-state index contributed by atoms with van der Waals surface area (Å²) in [6, 6.07) is 8.54. The predicted molar refractivity (Wildman–Crippen MR) is 81.0 cm³/mol.